The van der Waals surface area contributed by atoms with E-state index in [4.69, 9.17) is 0 Å². The molecule has 23 heavy (non-hydrogen) atoms. The van der Waals surface area contributed by atoms with Gasteiger partial charge in [0.2, 0.25) is 5.91 Å². The van der Waals surface area contributed by atoms with E-state index in [9.17, 15) is 4.79 Å². The molecule has 0 aromatic carbocycles. The number of pyridine rings is 1. The molecule has 4 rings (SSSR count). The predicted molar refractivity (Wildman–Crippen MR) is 92.3 cm³/mol. The number of anilines is 1. The molecule has 0 bridgehead atoms. The highest BCUT2D eigenvalue weighted by atomic mass is 32.1. The predicted octanol–water partition coefficient (Wildman–Crippen LogP) is 3.16. The Hall–Kier alpha value is -1.72. The lowest BCUT2D eigenvalue weighted by atomic mass is 10.2. The number of nitrogens with one attached hydrogen (secondary N) is 1. The molecule has 3 heterocycles. The molecular weight excluding hydrogens is 306 g/mol. The molecule has 4 nitrogen and oxygen atoms in total. The Kier molecular flexibility index (Phi) is 3.91. The van der Waals surface area contributed by atoms with Crippen molar-refractivity contribution in [1.29, 1.82) is 0 Å². The number of rotatable bonds is 5. The van der Waals surface area contributed by atoms with Crippen LogP contribution in [0.5, 0.6) is 0 Å². The van der Waals surface area contributed by atoms with Gasteiger partial charge in [-0.2, -0.15) is 0 Å². The third kappa shape index (κ3) is 3.31. The summed E-state index contributed by atoms with van der Waals surface area (Å²) in [6.07, 6.45) is 4.05. The molecule has 2 aliphatic rings. The van der Waals surface area contributed by atoms with E-state index in [2.05, 4.69) is 34.3 Å². The van der Waals surface area contributed by atoms with Crippen molar-refractivity contribution in [2.75, 3.05) is 18.4 Å². The molecule has 0 spiro atoms. The molecule has 1 aliphatic carbocycles. The van der Waals surface area contributed by atoms with E-state index < -0.39 is 0 Å². The maximum absolute atomic E-state index is 12.1. The van der Waals surface area contributed by atoms with Gasteiger partial charge >= 0.3 is 0 Å². The van der Waals surface area contributed by atoms with Gasteiger partial charge in [-0.25, -0.2) is 0 Å². The van der Waals surface area contributed by atoms with E-state index in [1.807, 2.05) is 23.5 Å². The van der Waals surface area contributed by atoms with E-state index >= 15 is 0 Å². The zero-order valence-electron chi connectivity index (χ0n) is 13.2. The Morgan fingerprint density at radius 2 is 2.17 bits per heavy atom. The fourth-order valence-corrected chi connectivity index (χ4v) is 4.75. The fraction of sp³-hybridized carbons (Fsp3) is 0.444. The number of piperidine rings is 1. The lowest BCUT2D eigenvalue weighted by molar-refractivity contribution is -0.116. The highest BCUT2D eigenvalue weighted by molar-refractivity contribution is 7.11. The molecule has 1 N–H and O–H groups in total. The Morgan fingerprint density at radius 3 is 2.83 bits per heavy atom. The van der Waals surface area contributed by atoms with Crippen LogP contribution in [0.4, 0.5) is 5.69 Å². The molecule has 5 heteroatoms. The van der Waals surface area contributed by atoms with Gasteiger partial charge in [0.15, 0.2) is 0 Å². The topological polar surface area (TPSA) is 45.2 Å². The van der Waals surface area contributed by atoms with Crippen LogP contribution in [0.3, 0.4) is 0 Å². The Balaban J connectivity index is 1.24. The number of aryl methyl sites for hydroxylation is 1. The monoisotopic (exact) mass is 327 g/mol. The summed E-state index contributed by atoms with van der Waals surface area (Å²) in [6, 6.07) is 8.15. The first-order chi connectivity index (χ1) is 11.2. The van der Waals surface area contributed by atoms with Crippen LogP contribution < -0.4 is 5.32 Å². The van der Waals surface area contributed by atoms with Gasteiger partial charge in [0.25, 0.3) is 0 Å². The third-order valence-electron chi connectivity index (χ3n) is 4.99. The van der Waals surface area contributed by atoms with E-state index in [0.29, 0.717) is 12.3 Å². The summed E-state index contributed by atoms with van der Waals surface area (Å²) < 4.78 is 0. The van der Waals surface area contributed by atoms with Gasteiger partial charge in [-0.1, -0.05) is 0 Å². The van der Waals surface area contributed by atoms with Crippen LogP contribution in [-0.2, 0) is 11.3 Å². The van der Waals surface area contributed by atoms with Crippen LogP contribution >= 0.6 is 11.3 Å². The zero-order chi connectivity index (χ0) is 15.8. The third-order valence-corrected chi connectivity index (χ3v) is 5.97. The first-order valence-electron chi connectivity index (χ1n) is 8.16. The van der Waals surface area contributed by atoms with E-state index in [1.54, 1.807) is 12.4 Å². The summed E-state index contributed by atoms with van der Waals surface area (Å²) in [5, 5.41) is 2.94. The minimum Gasteiger partial charge on any atom is -0.325 e. The van der Waals surface area contributed by atoms with Crippen molar-refractivity contribution < 1.29 is 4.79 Å². The van der Waals surface area contributed by atoms with Crippen molar-refractivity contribution in [3.8, 4) is 0 Å². The highest BCUT2D eigenvalue weighted by Gasteiger charge is 2.55. The van der Waals surface area contributed by atoms with E-state index in [1.165, 1.54) is 9.75 Å². The second kappa shape index (κ2) is 6.06. The van der Waals surface area contributed by atoms with Gasteiger partial charge in [0, 0.05) is 42.0 Å². The lowest BCUT2D eigenvalue weighted by Gasteiger charge is -2.18. The van der Waals surface area contributed by atoms with Crippen molar-refractivity contribution in [2.45, 2.75) is 19.9 Å². The Labute approximate surface area is 140 Å². The van der Waals surface area contributed by atoms with Crippen LogP contribution in [0, 0.1) is 24.7 Å². The molecule has 2 aromatic rings. The normalized spacial score (nSPS) is 26.0. The second-order valence-electron chi connectivity index (χ2n) is 6.69. The molecule has 1 saturated heterocycles. The highest BCUT2D eigenvalue weighted by Crippen LogP contribution is 2.53. The maximum Gasteiger partial charge on any atom is 0.224 e. The summed E-state index contributed by atoms with van der Waals surface area (Å²) in [5.41, 5.74) is 0.790. The van der Waals surface area contributed by atoms with Crippen molar-refractivity contribution in [3.63, 3.8) is 0 Å². The average Bonchev–Trinajstić information content (AvgIpc) is 2.90. The van der Waals surface area contributed by atoms with Crippen molar-refractivity contribution >= 4 is 22.9 Å². The smallest absolute Gasteiger partial charge is 0.224 e. The summed E-state index contributed by atoms with van der Waals surface area (Å²) in [4.78, 5) is 21.5. The van der Waals surface area contributed by atoms with Crippen molar-refractivity contribution in [3.05, 3.63) is 46.4 Å². The first-order valence-corrected chi connectivity index (χ1v) is 8.98. The Morgan fingerprint density at radius 1 is 1.35 bits per heavy atom. The molecule has 0 radical (unpaired) electrons. The largest absolute Gasteiger partial charge is 0.325 e. The van der Waals surface area contributed by atoms with Crippen LogP contribution in [0.15, 0.2) is 36.7 Å². The van der Waals surface area contributed by atoms with E-state index in [-0.39, 0.29) is 5.91 Å². The van der Waals surface area contributed by atoms with Gasteiger partial charge in [-0.3, -0.25) is 14.7 Å². The van der Waals surface area contributed by atoms with Gasteiger partial charge in [0.1, 0.15) is 0 Å². The summed E-state index contributed by atoms with van der Waals surface area (Å²) >= 11 is 1.89. The molecular formula is C18H21N3OS. The number of likely N-dealkylation sites (tertiary alicyclic amines) is 1. The van der Waals surface area contributed by atoms with Crippen LogP contribution in [-0.4, -0.2) is 28.9 Å². The molecule has 3 atom stereocenters. The standard InChI is InChI=1S/C18H21N3OS/c1-12-4-5-14(23-12)9-21-10-16-15(17(16)11-21)7-18(22)20-13-3-2-6-19-8-13/h2-6,8,15-17H,7,9-11H2,1H3,(H,20,22)/t15?,16-,17+. The minimum absolute atomic E-state index is 0.123. The average molecular weight is 327 g/mol. The van der Waals surface area contributed by atoms with E-state index in [0.717, 1.165) is 37.2 Å². The number of carbonyl (C=O) groups excluding carboxylic acids is 1. The summed E-state index contributed by atoms with van der Waals surface area (Å²) in [5.74, 6) is 2.14. The number of nitrogens with zero attached hydrogens (tertiary/aromatic N) is 2. The molecule has 2 aromatic heterocycles. The Bertz CT molecular complexity index is 687. The number of fused-ring (bicyclic) bond motifs is 1. The number of hydrogen-bond acceptors (Lipinski definition) is 4. The number of amides is 1. The number of thiophene rings is 1. The molecule has 2 fully saturated rings. The first kappa shape index (κ1) is 14.8. The zero-order valence-corrected chi connectivity index (χ0v) is 14.1. The van der Waals surface area contributed by atoms with Gasteiger partial charge in [0.05, 0.1) is 11.9 Å². The van der Waals surface area contributed by atoms with Crippen LogP contribution in [0.25, 0.3) is 0 Å². The van der Waals surface area contributed by atoms with Crippen molar-refractivity contribution in [1.82, 2.24) is 9.88 Å². The molecule has 1 unspecified atom stereocenters. The van der Waals surface area contributed by atoms with Crippen LogP contribution in [0.2, 0.25) is 0 Å². The number of hydrogen-bond donors (Lipinski definition) is 1. The minimum atomic E-state index is 0.123. The quantitative estimate of drug-likeness (QED) is 0.917. The maximum atomic E-state index is 12.1. The molecule has 1 amide bonds. The van der Waals surface area contributed by atoms with Crippen LogP contribution in [0.1, 0.15) is 16.2 Å². The summed E-state index contributed by atoms with van der Waals surface area (Å²) in [6.45, 7) is 5.52. The molecule has 120 valence electrons. The van der Waals surface area contributed by atoms with Gasteiger partial charge in [-0.15, -0.1) is 11.3 Å². The lowest BCUT2D eigenvalue weighted by Crippen LogP contribution is -2.25. The fourth-order valence-electron chi connectivity index (χ4n) is 3.82. The molecule has 1 saturated carbocycles. The van der Waals surface area contributed by atoms with Gasteiger partial charge < -0.3 is 5.32 Å². The summed E-state index contributed by atoms with van der Waals surface area (Å²) in [7, 11) is 0. The van der Waals surface area contributed by atoms with Crippen molar-refractivity contribution in [2.24, 2.45) is 17.8 Å². The van der Waals surface area contributed by atoms with Gasteiger partial charge in [-0.05, 0) is 48.9 Å². The number of aromatic nitrogens is 1. The SMILES string of the molecule is Cc1ccc(CN2C[C@@H]3C(CC(=O)Nc4cccnc4)[C@@H]3C2)s1. The second-order valence-corrected chi connectivity index (χ2v) is 8.06. The molecule has 1 aliphatic heterocycles. The number of carbonyl (C=O) groups is 1.